The summed E-state index contributed by atoms with van der Waals surface area (Å²) in [7, 11) is 0. The summed E-state index contributed by atoms with van der Waals surface area (Å²) in [5, 5.41) is 21.6. The van der Waals surface area contributed by atoms with Gasteiger partial charge in [-0.3, -0.25) is 9.59 Å². The number of rotatable bonds is 14. The quantitative estimate of drug-likeness (QED) is 0.392. The first-order chi connectivity index (χ1) is 15.2. The molecule has 1 aromatic rings. The highest BCUT2D eigenvalue weighted by atomic mass is 16.3. The molecule has 0 fully saturated rings. The van der Waals surface area contributed by atoms with Crippen molar-refractivity contribution in [2.45, 2.75) is 44.7 Å². The van der Waals surface area contributed by atoms with E-state index in [4.69, 9.17) is 5.11 Å². The van der Waals surface area contributed by atoms with Crippen LogP contribution in [0, 0.1) is 0 Å². The molecule has 7 heteroatoms. The Kier molecular flexibility index (Phi) is 11.4. The fraction of sp³-hybridized carbons (Fsp3) is 0.500. The maximum absolute atomic E-state index is 13.0. The zero-order valence-corrected chi connectivity index (χ0v) is 18.2. The van der Waals surface area contributed by atoms with Gasteiger partial charge in [-0.15, -0.1) is 0 Å². The molecule has 7 nitrogen and oxygen atoms in total. The van der Waals surface area contributed by atoms with Gasteiger partial charge < -0.3 is 25.3 Å². The molecule has 1 unspecified atom stereocenters. The van der Waals surface area contributed by atoms with Crippen LogP contribution in [0.3, 0.4) is 0 Å². The summed E-state index contributed by atoms with van der Waals surface area (Å²) < 4.78 is 0. The normalized spacial score (nSPS) is 13.8. The van der Waals surface area contributed by atoms with Crippen molar-refractivity contribution < 1.29 is 19.8 Å². The largest absolute Gasteiger partial charge is 0.396 e. The monoisotopic (exact) mass is 429 g/mol. The summed E-state index contributed by atoms with van der Waals surface area (Å²) in [6, 6.07) is 8.95. The van der Waals surface area contributed by atoms with Crippen molar-refractivity contribution >= 4 is 11.8 Å². The summed E-state index contributed by atoms with van der Waals surface area (Å²) >= 11 is 0. The first-order valence-electron chi connectivity index (χ1n) is 11.1. The van der Waals surface area contributed by atoms with Crippen LogP contribution in [-0.2, 0) is 16.1 Å². The number of hydrogen-bond donors (Lipinski definition) is 3. The standard InChI is InChI=1S/C24H35N3O4/c28-18-8-5-12-22(24(31)25-20-21-10-3-1-4-11-21)27(17-19-29)23(30)13-9-16-26-14-6-2-7-15-26/h1-4,6-7,10-11,14,22,28-29H,5,8-9,12-13,15-20H2,(H,25,31). The van der Waals surface area contributed by atoms with Gasteiger partial charge >= 0.3 is 0 Å². The Bertz CT molecular complexity index is 721. The minimum atomic E-state index is -0.660. The zero-order chi connectivity index (χ0) is 22.3. The lowest BCUT2D eigenvalue weighted by Crippen LogP contribution is -2.50. The highest BCUT2D eigenvalue weighted by Crippen LogP contribution is 2.13. The van der Waals surface area contributed by atoms with Gasteiger partial charge in [0.05, 0.1) is 6.61 Å². The molecule has 0 saturated heterocycles. The summed E-state index contributed by atoms with van der Waals surface area (Å²) in [6.07, 6.45) is 10.7. The van der Waals surface area contributed by atoms with Crippen LogP contribution in [0.5, 0.6) is 0 Å². The Balaban J connectivity index is 1.97. The van der Waals surface area contributed by atoms with E-state index >= 15 is 0 Å². The molecule has 1 aromatic carbocycles. The molecule has 2 amide bonds. The predicted octanol–water partition coefficient (Wildman–Crippen LogP) is 1.82. The first-order valence-corrected chi connectivity index (χ1v) is 11.1. The van der Waals surface area contributed by atoms with E-state index < -0.39 is 6.04 Å². The third kappa shape index (κ3) is 8.94. The van der Waals surface area contributed by atoms with Crippen molar-refractivity contribution in [2.75, 3.05) is 32.8 Å². The molecule has 0 aromatic heterocycles. The van der Waals surface area contributed by atoms with Gasteiger partial charge in [0, 0.05) is 39.2 Å². The Morgan fingerprint density at radius 2 is 1.87 bits per heavy atom. The van der Waals surface area contributed by atoms with Crippen LogP contribution in [0.1, 0.15) is 37.7 Å². The average molecular weight is 430 g/mol. The minimum Gasteiger partial charge on any atom is -0.396 e. The third-order valence-electron chi connectivity index (χ3n) is 5.26. The van der Waals surface area contributed by atoms with Crippen molar-refractivity contribution in [3.8, 4) is 0 Å². The van der Waals surface area contributed by atoms with Gasteiger partial charge in [0.15, 0.2) is 0 Å². The number of benzene rings is 1. The molecule has 2 rings (SSSR count). The zero-order valence-electron chi connectivity index (χ0n) is 18.2. The van der Waals surface area contributed by atoms with Gasteiger partial charge in [-0.2, -0.15) is 0 Å². The summed E-state index contributed by atoms with van der Waals surface area (Å²) in [5.41, 5.74) is 0.980. The van der Waals surface area contributed by atoms with Crippen LogP contribution in [0.2, 0.25) is 0 Å². The topological polar surface area (TPSA) is 93.1 Å². The number of aliphatic hydroxyl groups excluding tert-OH is 2. The number of aliphatic hydroxyl groups is 2. The van der Waals surface area contributed by atoms with Gasteiger partial charge in [0.2, 0.25) is 11.8 Å². The van der Waals surface area contributed by atoms with Crippen molar-refractivity contribution in [1.82, 2.24) is 15.1 Å². The second kappa shape index (κ2) is 14.4. The summed E-state index contributed by atoms with van der Waals surface area (Å²) in [4.78, 5) is 29.6. The second-order valence-corrected chi connectivity index (χ2v) is 7.62. The maximum Gasteiger partial charge on any atom is 0.243 e. The number of nitrogens with one attached hydrogen (secondary N) is 1. The van der Waals surface area contributed by atoms with Crippen molar-refractivity contribution in [1.29, 1.82) is 0 Å². The Labute approximate surface area is 185 Å². The summed E-state index contributed by atoms with van der Waals surface area (Å²) in [6.45, 7) is 1.93. The number of carbonyl (C=O) groups is 2. The molecule has 170 valence electrons. The van der Waals surface area contributed by atoms with E-state index in [-0.39, 0.29) is 31.6 Å². The molecule has 1 aliphatic rings. The van der Waals surface area contributed by atoms with Crippen molar-refractivity contribution in [3.63, 3.8) is 0 Å². The van der Waals surface area contributed by atoms with E-state index in [0.29, 0.717) is 38.6 Å². The molecule has 1 atom stereocenters. The van der Waals surface area contributed by atoms with E-state index in [1.54, 1.807) is 0 Å². The number of unbranched alkanes of at least 4 members (excludes halogenated alkanes) is 1. The highest BCUT2D eigenvalue weighted by molar-refractivity contribution is 5.87. The van der Waals surface area contributed by atoms with E-state index in [9.17, 15) is 14.7 Å². The lowest BCUT2D eigenvalue weighted by Gasteiger charge is -2.31. The van der Waals surface area contributed by atoms with E-state index in [1.165, 1.54) is 4.90 Å². The molecule has 0 spiro atoms. The van der Waals surface area contributed by atoms with Gasteiger partial charge in [-0.05, 0) is 43.5 Å². The van der Waals surface area contributed by atoms with Crippen molar-refractivity contribution in [3.05, 3.63) is 60.3 Å². The Morgan fingerprint density at radius 3 is 2.55 bits per heavy atom. The van der Waals surface area contributed by atoms with E-state index in [0.717, 1.165) is 18.7 Å². The lowest BCUT2D eigenvalue weighted by molar-refractivity contribution is -0.141. The molecule has 0 aliphatic carbocycles. The smallest absolute Gasteiger partial charge is 0.243 e. The van der Waals surface area contributed by atoms with Crippen LogP contribution in [0.25, 0.3) is 0 Å². The van der Waals surface area contributed by atoms with Crippen LogP contribution < -0.4 is 5.32 Å². The van der Waals surface area contributed by atoms with Gasteiger partial charge in [-0.25, -0.2) is 0 Å². The fourth-order valence-electron chi connectivity index (χ4n) is 3.59. The molecule has 3 N–H and O–H groups in total. The molecular formula is C24H35N3O4. The highest BCUT2D eigenvalue weighted by Gasteiger charge is 2.28. The Hall–Kier alpha value is -2.64. The molecular weight excluding hydrogens is 394 g/mol. The van der Waals surface area contributed by atoms with Gasteiger partial charge in [0.25, 0.3) is 0 Å². The van der Waals surface area contributed by atoms with E-state index in [1.807, 2.05) is 48.7 Å². The number of allylic oxidation sites excluding steroid dienone is 2. The van der Waals surface area contributed by atoms with E-state index in [2.05, 4.69) is 16.3 Å². The number of hydrogen-bond acceptors (Lipinski definition) is 5. The molecule has 1 heterocycles. The van der Waals surface area contributed by atoms with Gasteiger partial charge in [0.1, 0.15) is 6.04 Å². The molecule has 31 heavy (non-hydrogen) atoms. The minimum absolute atomic E-state index is 0.0457. The van der Waals surface area contributed by atoms with Gasteiger partial charge in [-0.1, -0.05) is 42.5 Å². The predicted molar refractivity (Wildman–Crippen MR) is 121 cm³/mol. The molecule has 1 aliphatic heterocycles. The lowest BCUT2D eigenvalue weighted by atomic mass is 10.1. The number of carbonyl (C=O) groups excluding carboxylic acids is 2. The molecule has 0 bridgehead atoms. The van der Waals surface area contributed by atoms with Crippen LogP contribution >= 0.6 is 0 Å². The summed E-state index contributed by atoms with van der Waals surface area (Å²) in [5.74, 6) is -0.359. The van der Waals surface area contributed by atoms with Crippen molar-refractivity contribution in [2.24, 2.45) is 0 Å². The van der Waals surface area contributed by atoms with Crippen LogP contribution in [0.4, 0.5) is 0 Å². The molecule has 0 radical (unpaired) electrons. The van der Waals surface area contributed by atoms with Crippen LogP contribution in [-0.4, -0.2) is 70.7 Å². The number of amides is 2. The number of nitrogens with zero attached hydrogens (tertiary/aromatic N) is 2. The SMILES string of the molecule is O=C(NCc1ccccc1)C(CCCCO)N(CCO)C(=O)CCCN1C=CC=CC1. The fourth-order valence-corrected chi connectivity index (χ4v) is 3.59. The third-order valence-corrected chi connectivity index (χ3v) is 5.26. The molecule has 0 saturated carbocycles. The second-order valence-electron chi connectivity index (χ2n) is 7.62. The first kappa shape index (κ1) is 24.6. The van der Waals surface area contributed by atoms with Crippen LogP contribution in [0.15, 0.2) is 54.8 Å². The maximum atomic E-state index is 13.0. The Morgan fingerprint density at radius 1 is 1.06 bits per heavy atom. The average Bonchev–Trinajstić information content (AvgIpc) is 2.80.